The summed E-state index contributed by atoms with van der Waals surface area (Å²) in [5, 5.41) is 2.93. The fourth-order valence-electron chi connectivity index (χ4n) is 1.49. The summed E-state index contributed by atoms with van der Waals surface area (Å²) >= 11 is 0. The Balaban J connectivity index is 2.90. The number of amides is 1. The van der Waals surface area contributed by atoms with Crippen molar-refractivity contribution in [3.63, 3.8) is 0 Å². The molecule has 0 bridgehead atoms. The number of hydrogen-bond donors (Lipinski definition) is 1. The van der Waals surface area contributed by atoms with Crippen molar-refractivity contribution in [2.45, 2.75) is 18.0 Å². The first kappa shape index (κ1) is 20.5. The lowest BCUT2D eigenvalue weighted by Crippen LogP contribution is -2.58. The molecule has 0 aromatic heterocycles. The van der Waals surface area contributed by atoms with Crippen LogP contribution in [0.4, 0.5) is 30.7 Å². The molecule has 1 rings (SSSR count). The van der Waals surface area contributed by atoms with E-state index >= 15 is 0 Å². The minimum absolute atomic E-state index is 0.156. The first-order chi connectivity index (χ1) is 11.4. The molecule has 0 aliphatic rings. The van der Waals surface area contributed by atoms with Gasteiger partial charge in [-0.3, -0.25) is 4.79 Å². The van der Waals surface area contributed by atoms with Crippen molar-refractivity contribution in [2.24, 2.45) is 5.10 Å². The molecule has 1 aromatic rings. The molecule has 12 heteroatoms. The van der Waals surface area contributed by atoms with Crippen LogP contribution in [-0.2, 0) is 4.79 Å². The van der Waals surface area contributed by atoms with E-state index < -0.39 is 23.9 Å². The van der Waals surface area contributed by atoms with Crippen LogP contribution in [0.1, 0.15) is 5.56 Å². The molecule has 140 valence electrons. The Hall–Kier alpha value is -2.53. The fraction of sp³-hybridized carbons (Fsp3) is 0.385. The van der Waals surface area contributed by atoms with E-state index in [1.54, 1.807) is 0 Å². The van der Waals surface area contributed by atoms with Crippen LogP contribution in [0.2, 0.25) is 0 Å². The Morgan fingerprint density at radius 2 is 1.60 bits per heavy atom. The van der Waals surface area contributed by atoms with E-state index in [4.69, 9.17) is 9.47 Å². The number of halogens is 7. The maximum atomic E-state index is 13.0. The third-order valence-electron chi connectivity index (χ3n) is 2.82. The van der Waals surface area contributed by atoms with E-state index in [1.165, 1.54) is 32.4 Å². The lowest BCUT2D eigenvalue weighted by Gasteiger charge is -2.26. The predicted octanol–water partition coefficient (Wildman–Crippen LogP) is 2.99. The number of hydrazone groups is 1. The Labute approximate surface area is 136 Å². The highest BCUT2D eigenvalue weighted by Crippen LogP contribution is 2.46. The second-order valence-corrected chi connectivity index (χ2v) is 4.46. The molecule has 0 spiro atoms. The molecule has 0 fully saturated rings. The lowest BCUT2D eigenvalue weighted by molar-refractivity contribution is -0.344. The van der Waals surface area contributed by atoms with Crippen molar-refractivity contribution < 1.29 is 45.0 Å². The number of alkyl halides is 7. The Bertz CT molecular complexity index is 660. The van der Waals surface area contributed by atoms with Gasteiger partial charge in [-0.15, -0.1) is 0 Å². The molecule has 0 saturated carbocycles. The summed E-state index contributed by atoms with van der Waals surface area (Å²) in [5.74, 6) is -15.0. The quantitative estimate of drug-likeness (QED) is 0.472. The highest BCUT2D eigenvalue weighted by Gasteiger charge is 2.76. The van der Waals surface area contributed by atoms with Crippen molar-refractivity contribution in [2.75, 3.05) is 14.2 Å². The third-order valence-corrected chi connectivity index (χ3v) is 2.82. The van der Waals surface area contributed by atoms with Crippen LogP contribution in [-0.4, -0.2) is 44.4 Å². The van der Waals surface area contributed by atoms with Crippen LogP contribution in [0.5, 0.6) is 11.5 Å². The molecule has 1 amide bonds. The minimum Gasteiger partial charge on any atom is -0.493 e. The van der Waals surface area contributed by atoms with Crippen LogP contribution < -0.4 is 14.9 Å². The number of nitrogens with one attached hydrogen (secondary N) is 1. The molecule has 1 N–H and O–H groups in total. The van der Waals surface area contributed by atoms with Crippen LogP contribution in [0.25, 0.3) is 0 Å². The van der Waals surface area contributed by atoms with Crippen molar-refractivity contribution in [3.05, 3.63) is 23.8 Å². The fourth-order valence-corrected chi connectivity index (χ4v) is 1.49. The molecule has 1 aromatic carbocycles. The highest BCUT2D eigenvalue weighted by molar-refractivity contribution is 5.87. The number of nitrogens with zero attached hydrogens (tertiary/aromatic N) is 1. The van der Waals surface area contributed by atoms with Crippen LogP contribution in [0.3, 0.4) is 0 Å². The zero-order valence-corrected chi connectivity index (χ0v) is 12.6. The van der Waals surface area contributed by atoms with Gasteiger partial charge in [-0.2, -0.15) is 35.8 Å². The summed E-state index contributed by atoms with van der Waals surface area (Å²) in [4.78, 5) is 11.0. The maximum absolute atomic E-state index is 13.0. The van der Waals surface area contributed by atoms with Crippen LogP contribution in [0.15, 0.2) is 23.3 Å². The monoisotopic (exact) mass is 376 g/mol. The molecule has 0 heterocycles. The molecule has 5 nitrogen and oxygen atoms in total. The largest absolute Gasteiger partial charge is 0.493 e. The maximum Gasteiger partial charge on any atom is 0.460 e. The number of carbonyl (C=O) groups is 1. The molecule has 0 unspecified atom stereocenters. The summed E-state index contributed by atoms with van der Waals surface area (Å²) in [5.41, 5.74) is 1.10. The molecular formula is C13H11F7N2O3. The molecule has 0 saturated heterocycles. The van der Waals surface area contributed by atoms with E-state index in [0.717, 1.165) is 11.6 Å². The number of ether oxygens (including phenoxy) is 2. The molecule has 0 aliphatic carbocycles. The van der Waals surface area contributed by atoms with Gasteiger partial charge in [0.1, 0.15) is 0 Å². The van der Waals surface area contributed by atoms with Crippen molar-refractivity contribution in [3.8, 4) is 11.5 Å². The average Bonchev–Trinajstić information content (AvgIpc) is 2.53. The zero-order valence-electron chi connectivity index (χ0n) is 12.6. The second-order valence-electron chi connectivity index (χ2n) is 4.46. The van der Waals surface area contributed by atoms with Gasteiger partial charge in [0.2, 0.25) is 0 Å². The van der Waals surface area contributed by atoms with E-state index in [1.807, 2.05) is 0 Å². The first-order valence-electron chi connectivity index (χ1n) is 6.26. The average molecular weight is 376 g/mol. The Morgan fingerprint density at radius 3 is 2.08 bits per heavy atom. The SMILES string of the molecule is COc1ccc(C=NNC(=O)C(F)(F)C(F)(F)C(F)(F)F)cc1OC. The van der Waals surface area contributed by atoms with Gasteiger partial charge in [0.05, 0.1) is 20.4 Å². The molecule has 25 heavy (non-hydrogen) atoms. The standard InChI is InChI=1S/C13H11F7N2O3/c1-24-8-4-3-7(5-9(8)25-2)6-21-22-10(23)11(14,15)12(16,17)13(18,19)20/h3-6H,1-2H3,(H,22,23). The smallest absolute Gasteiger partial charge is 0.460 e. The number of methoxy groups -OCH3 is 2. The number of carbonyl (C=O) groups excluding carboxylic acids is 1. The van der Waals surface area contributed by atoms with Crippen molar-refractivity contribution >= 4 is 12.1 Å². The molecule has 0 aliphatic heterocycles. The summed E-state index contributed by atoms with van der Waals surface area (Å²) in [6.45, 7) is 0. The van der Waals surface area contributed by atoms with E-state index in [9.17, 15) is 35.5 Å². The third kappa shape index (κ3) is 4.12. The molecule has 0 radical (unpaired) electrons. The topological polar surface area (TPSA) is 59.9 Å². The first-order valence-corrected chi connectivity index (χ1v) is 6.26. The van der Waals surface area contributed by atoms with Gasteiger partial charge in [-0.25, -0.2) is 5.43 Å². The minimum atomic E-state index is -6.61. The van der Waals surface area contributed by atoms with Crippen LogP contribution in [0, 0.1) is 0 Å². The van der Waals surface area contributed by atoms with Gasteiger partial charge in [0.25, 0.3) is 0 Å². The summed E-state index contributed by atoms with van der Waals surface area (Å²) in [6, 6.07) is 4.00. The molecular weight excluding hydrogens is 365 g/mol. The Morgan fingerprint density at radius 1 is 1.04 bits per heavy atom. The summed E-state index contributed by atoms with van der Waals surface area (Å²) in [6.07, 6.45) is -5.87. The number of benzene rings is 1. The van der Waals surface area contributed by atoms with Gasteiger partial charge < -0.3 is 9.47 Å². The zero-order chi connectivity index (χ0) is 19.5. The predicted molar refractivity (Wildman–Crippen MR) is 71.2 cm³/mol. The highest BCUT2D eigenvalue weighted by atomic mass is 19.4. The Kier molecular flexibility index (Phi) is 5.87. The number of rotatable bonds is 6. The lowest BCUT2D eigenvalue weighted by atomic mass is 10.1. The number of hydrogen-bond acceptors (Lipinski definition) is 4. The van der Waals surface area contributed by atoms with E-state index in [-0.39, 0.29) is 11.3 Å². The van der Waals surface area contributed by atoms with E-state index in [2.05, 4.69) is 5.10 Å². The van der Waals surface area contributed by atoms with E-state index in [0.29, 0.717) is 5.75 Å². The summed E-state index contributed by atoms with van der Waals surface area (Å²) in [7, 11) is 2.63. The molecule has 0 atom stereocenters. The van der Waals surface area contributed by atoms with Gasteiger partial charge >= 0.3 is 23.9 Å². The van der Waals surface area contributed by atoms with Gasteiger partial charge in [0, 0.05) is 0 Å². The van der Waals surface area contributed by atoms with Gasteiger partial charge in [0.15, 0.2) is 11.5 Å². The van der Waals surface area contributed by atoms with Crippen molar-refractivity contribution in [1.82, 2.24) is 5.43 Å². The normalized spacial score (nSPS) is 13.0. The van der Waals surface area contributed by atoms with Crippen LogP contribution >= 0.6 is 0 Å². The van der Waals surface area contributed by atoms with Gasteiger partial charge in [-0.1, -0.05) is 0 Å². The van der Waals surface area contributed by atoms with Crippen molar-refractivity contribution in [1.29, 1.82) is 0 Å². The van der Waals surface area contributed by atoms with Gasteiger partial charge in [-0.05, 0) is 23.8 Å². The summed E-state index contributed by atoms with van der Waals surface area (Å²) < 4.78 is 97.1. The second kappa shape index (κ2) is 7.15.